The normalized spacial score (nSPS) is 16.1. The second-order valence-electron chi connectivity index (χ2n) is 4.62. The Morgan fingerprint density at radius 1 is 1.25 bits per heavy atom. The van der Waals surface area contributed by atoms with Gasteiger partial charge >= 0.3 is 5.97 Å². The number of carbonyl (C=O) groups is 2. The number of carbonyl (C=O) groups excluding carboxylic acids is 1. The number of amides is 1. The van der Waals surface area contributed by atoms with Gasteiger partial charge in [-0.1, -0.05) is 6.07 Å². The lowest BCUT2D eigenvalue weighted by Crippen LogP contribution is -2.49. The van der Waals surface area contributed by atoms with E-state index in [9.17, 15) is 14.0 Å². The molecule has 0 atom stereocenters. The summed E-state index contributed by atoms with van der Waals surface area (Å²) in [7, 11) is 0. The van der Waals surface area contributed by atoms with E-state index in [1.165, 1.54) is 18.2 Å². The molecule has 0 spiro atoms. The van der Waals surface area contributed by atoms with Crippen molar-refractivity contribution in [3.8, 4) is 0 Å². The van der Waals surface area contributed by atoms with Crippen molar-refractivity contribution in [3.05, 3.63) is 29.8 Å². The van der Waals surface area contributed by atoms with Crippen LogP contribution in [-0.2, 0) is 4.79 Å². The highest BCUT2D eigenvalue weighted by Gasteiger charge is 2.23. The number of hydrogen-bond donors (Lipinski definition) is 1. The van der Waals surface area contributed by atoms with E-state index in [-0.39, 0.29) is 18.0 Å². The van der Waals surface area contributed by atoms with Crippen LogP contribution in [0.4, 0.5) is 4.39 Å². The predicted molar refractivity (Wildman–Crippen MR) is 68.8 cm³/mol. The number of piperazine rings is 1. The molecule has 2 rings (SSSR count). The maximum Gasteiger partial charge on any atom is 0.304 e. The van der Waals surface area contributed by atoms with Gasteiger partial charge in [-0.3, -0.25) is 14.5 Å². The molecule has 0 aromatic carbocycles. The summed E-state index contributed by atoms with van der Waals surface area (Å²) in [6.07, 6.45) is 0.0966. The van der Waals surface area contributed by atoms with Gasteiger partial charge in [0.1, 0.15) is 5.69 Å². The Morgan fingerprint density at radius 2 is 1.95 bits per heavy atom. The molecular formula is C13H16FN3O3. The van der Waals surface area contributed by atoms with Gasteiger partial charge in [-0.15, -0.1) is 0 Å². The van der Waals surface area contributed by atoms with Gasteiger partial charge in [-0.25, -0.2) is 4.98 Å². The molecule has 0 unspecified atom stereocenters. The third-order valence-electron chi connectivity index (χ3n) is 3.24. The van der Waals surface area contributed by atoms with Crippen molar-refractivity contribution >= 4 is 11.9 Å². The van der Waals surface area contributed by atoms with Gasteiger partial charge in [-0.2, -0.15) is 4.39 Å². The first kappa shape index (κ1) is 14.4. The van der Waals surface area contributed by atoms with E-state index in [1.54, 1.807) is 4.90 Å². The monoisotopic (exact) mass is 281 g/mol. The molecule has 1 aromatic rings. The molecule has 0 aliphatic carbocycles. The molecule has 108 valence electrons. The molecule has 1 N–H and O–H groups in total. The maximum atomic E-state index is 13.0. The van der Waals surface area contributed by atoms with Gasteiger partial charge in [0, 0.05) is 32.7 Å². The zero-order chi connectivity index (χ0) is 14.5. The van der Waals surface area contributed by atoms with Crippen LogP contribution in [0.3, 0.4) is 0 Å². The zero-order valence-electron chi connectivity index (χ0n) is 11.0. The highest BCUT2D eigenvalue weighted by molar-refractivity contribution is 5.92. The van der Waals surface area contributed by atoms with Gasteiger partial charge in [0.05, 0.1) is 6.42 Å². The summed E-state index contributed by atoms with van der Waals surface area (Å²) in [6.45, 7) is 2.71. The second-order valence-corrected chi connectivity index (χ2v) is 4.62. The lowest BCUT2D eigenvalue weighted by molar-refractivity contribution is -0.137. The van der Waals surface area contributed by atoms with E-state index in [2.05, 4.69) is 4.98 Å². The Kier molecular flexibility index (Phi) is 4.62. The molecule has 1 aliphatic heterocycles. The second kappa shape index (κ2) is 6.42. The number of carboxylic acids is 1. The minimum absolute atomic E-state index is 0.0966. The number of pyridine rings is 1. The van der Waals surface area contributed by atoms with Crippen LogP contribution in [0.15, 0.2) is 18.2 Å². The van der Waals surface area contributed by atoms with Crippen LogP contribution in [0, 0.1) is 5.95 Å². The summed E-state index contributed by atoms with van der Waals surface area (Å²) in [6, 6.07) is 4.14. The first-order valence-electron chi connectivity index (χ1n) is 6.42. The molecule has 1 aliphatic rings. The smallest absolute Gasteiger partial charge is 0.304 e. The average Bonchev–Trinajstić information content (AvgIpc) is 2.45. The Hall–Kier alpha value is -2.02. The summed E-state index contributed by atoms with van der Waals surface area (Å²) in [5.74, 6) is -1.79. The van der Waals surface area contributed by atoms with E-state index >= 15 is 0 Å². The first-order chi connectivity index (χ1) is 9.56. The van der Waals surface area contributed by atoms with Gasteiger partial charge in [-0.05, 0) is 12.1 Å². The molecule has 20 heavy (non-hydrogen) atoms. The highest BCUT2D eigenvalue weighted by atomic mass is 19.1. The molecule has 6 nitrogen and oxygen atoms in total. The van der Waals surface area contributed by atoms with Gasteiger partial charge < -0.3 is 10.0 Å². The molecular weight excluding hydrogens is 265 g/mol. The Balaban J connectivity index is 1.87. The number of rotatable bonds is 4. The number of nitrogens with zero attached hydrogens (tertiary/aromatic N) is 3. The average molecular weight is 281 g/mol. The van der Waals surface area contributed by atoms with Crippen LogP contribution in [0.5, 0.6) is 0 Å². The van der Waals surface area contributed by atoms with Crippen LogP contribution >= 0.6 is 0 Å². The van der Waals surface area contributed by atoms with Gasteiger partial charge in [0.15, 0.2) is 0 Å². The van der Waals surface area contributed by atoms with Crippen molar-refractivity contribution in [1.29, 1.82) is 0 Å². The van der Waals surface area contributed by atoms with Crippen molar-refractivity contribution in [1.82, 2.24) is 14.8 Å². The van der Waals surface area contributed by atoms with Crippen LogP contribution in [0.1, 0.15) is 16.9 Å². The lowest BCUT2D eigenvalue weighted by Gasteiger charge is -2.34. The minimum Gasteiger partial charge on any atom is -0.481 e. The molecule has 1 aromatic heterocycles. The predicted octanol–water partition coefficient (Wildman–Crippen LogP) is 0.453. The Labute approximate surface area is 115 Å². The van der Waals surface area contributed by atoms with E-state index in [1.807, 2.05) is 4.90 Å². The fourth-order valence-corrected chi connectivity index (χ4v) is 2.12. The third kappa shape index (κ3) is 3.74. The van der Waals surface area contributed by atoms with E-state index in [4.69, 9.17) is 5.11 Å². The standard InChI is InChI=1S/C13H16FN3O3/c14-11-3-1-2-10(15-11)13(20)17-8-6-16(7-9-17)5-4-12(18)19/h1-3H,4-9H2,(H,18,19). The van der Waals surface area contributed by atoms with Gasteiger partial charge in [0.25, 0.3) is 5.91 Å². The van der Waals surface area contributed by atoms with E-state index < -0.39 is 11.9 Å². The quantitative estimate of drug-likeness (QED) is 0.811. The number of aliphatic carboxylic acids is 1. The molecule has 0 radical (unpaired) electrons. The lowest BCUT2D eigenvalue weighted by atomic mass is 10.2. The molecule has 0 saturated carbocycles. The zero-order valence-corrected chi connectivity index (χ0v) is 11.0. The van der Waals surface area contributed by atoms with Crippen molar-refractivity contribution < 1.29 is 19.1 Å². The van der Waals surface area contributed by atoms with Crippen LogP contribution in [0.2, 0.25) is 0 Å². The maximum absolute atomic E-state index is 13.0. The first-order valence-corrected chi connectivity index (χ1v) is 6.42. The number of carboxylic acid groups (broad SMARTS) is 1. The SMILES string of the molecule is O=C(O)CCN1CCN(C(=O)c2cccc(F)n2)CC1. The van der Waals surface area contributed by atoms with E-state index in [0.29, 0.717) is 32.7 Å². The molecule has 7 heteroatoms. The molecule has 0 bridgehead atoms. The summed E-state index contributed by atoms with van der Waals surface area (Å²) < 4.78 is 13.0. The summed E-state index contributed by atoms with van der Waals surface area (Å²) in [5.41, 5.74) is 0.101. The number of aromatic nitrogens is 1. The largest absolute Gasteiger partial charge is 0.481 e. The highest BCUT2D eigenvalue weighted by Crippen LogP contribution is 2.08. The van der Waals surface area contributed by atoms with Crippen LogP contribution < -0.4 is 0 Å². The topological polar surface area (TPSA) is 73.7 Å². The minimum atomic E-state index is -0.826. The number of hydrogen-bond acceptors (Lipinski definition) is 4. The van der Waals surface area contributed by atoms with Crippen LogP contribution in [-0.4, -0.2) is 64.5 Å². The fourth-order valence-electron chi connectivity index (χ4n) is 2.12. The molecule has 1 saturated heterocycles. The Morgan fingerprint density at radius 3 is 2.55 bits per heavy atom. The fraction of sp³-hybridized carbons (Fsp3) is 0.462. The summed E-state index contributed by atoms with van der Waals surface area (Å²) in [5, 5.41) is 8.62. The molecule has 1 amide bonds. The van der Waals surface area contributed by atoms with Crippen molar-refractivity contribution in [2.45, 2.75) is 6.42 Å². The van der Waals surface area contributed by atoms with Crippen molar-refractivity contribution in [2.75, 3.05) is 32.7 Å². The van der Waals surface area contributed by atoms with E-state index in [0.717, 1.165) is 0 Å². The molecule has 1 fully saturated rings. The van der Waals surface area contributed by atoms with Crippen molar-refractivity contribution in [3.63, 3.8) is 0 Å². The molecule has 2 heterocycles. The summed E-state index contributed by atoms with van der Waals surface area (Å²) >= 11 is 0. The van der Waals surface area contributed by atoms with Crippen molar-refractivity contribution in [2.24, 2.45) is 0 Å². The Bertz CT molecular complexity index is 501. The third-order valence-corrected chi connectivity index (χ3v) is 3.24. The van der Waals surface area contributed by atoms with Crippen LogP contribution in [0.25, 0.3) is 0 Å². The number of halogens is 1. The summed E-state index contributed by atoms with van der Waals surface area (Å²) in [4.78, 5) is 29.8. The van der Waals surface area contributed by atoms with Gasteiger partial charge in [0.2, 0.25) is 5.95 Å².